The molecule has 2 aromatic carbocycles. The number of carbonyl (C=O) groups excluding carboxylic acids is 1. The molecule has 0 amide bonds. The van der Waals surface area contributed by atoms with Crippen molar-refractivity contribution in [2.75, 3.05) is 0 Å². The molecular formula is C30H31ClN2OS. The highest BCUT2D eigenvalue weighted by atomic mass is 35.5. The Labute approximate surface area is 216 Å². The molecule has 3 nitrogen and oxygen atoms in total. The lowest BCUT2D eigenvalue weighted by atomic mass is 9.71. The van der Waals surface area contributed by atoms with Gasteiger partial charge in [0.15, 0.2) is 5.78 Å². The quantitative estimate of drug-likeness (QED) is 0.328. The largest absolute Gasteiger partial charge is 0.289 e. The topological polar surface area (TPSA) is 41.8 Å². The second-order valence-electron chi connectivity index (χ2n) is 11.0. The highest BCUT2D eigenvalue weighted by Gasteiger charge is 2.35. The Morgan fingerprint density at radius 3 is 1.97 bits per heavy atom. The van der Waals surface area contributed by atoms with Crippen LogP contribution in [0.1, 0.15) is 52.0 Å². The van der Waals surface area contributed by atoms with Crippen molar-refractivity contribution in [2.45, 2.75) is 48.5 Å². The van der Waals surface area contributed by atoms with E-state index in [4.69, 9.17) is 16.7 Å². The fraction of sp³-hybridized carbons (Fsp3) is 0.300. The maximum Gasteiger partial charge on any atom is 0.186 e. The van der Waals surface area contributed by atoms with E-state index in [1.165, 1.54) is 0 Å². The molecule has 0 saturated heterocycles. The number of rotatable bonds is 3. The molecule has 3 aromatic rings. The van der Waals surface area contributed by atoms with E-state index in [0.717, 1.165) is 42.9 Å². The first-order valence-corrected chi connectivity index (χ1v) is 12.9. The summed E-state index contributed by atoms with van der Waals surface area (Å²) in [7, 11) is 0. The summed E-state index contributed by atoms with van der Waals surface area (Å²) in [5.74, 6) is 0.0889. The number of benzene rings is 2. The number of carbonyl (C=O) groups is 1. The molecule has 35 heavy (non-hydrogen) atoms. The van der Waals surface area contributed by atoms with Gasteiger partial charge in [-0.25, -0.2) is 0 Å². The molecule has 5 heteroatoms. The van der Waals surface area contributed by atoms with Gasteiger partial charge in [0, 0.05) is 26.8 Å². The molecule has 1 aliphatic rings. The van der Waals surface area contributed by atoms with Gasteiger partial charge in [0.05, 0.1) is 15.6 Å². The zero-order chi connectivity index (χ0) is 25.5. The third kappa shape index (κ3) is 5.24. The molecule has 0 N–H and O–H groups in total. The first-order valence-electron chi connectivity index (χ1n) is 11.8. The van der Waals surface area contributed by atoms with Gasteiger partial charge >= 0.3 is 0 Å². The van der Waals surface area contributed by atoms with E-state index in [0.29, 0.717) is 10.7 Å². The van der Waals surface area contributed by atoms with Crippen LogP contribution >= 0.6 is 22.9 Å². The number of fused-ring (bicyclic) bond motifs is 1. The Morgan fingerprint density at radius 2 is 1.43 bits per heavy atom. The molecule has 0 atom stereocenters. The lowest BCUT2D eigenvalue weighted by Crippen LogP contribution is -2.28. The first-order chi connectivity index (χ1) is 16.4. The molecule has 0 aliphatic heterocycles. The van der Waals surface area contributed by atoms with Crippen LogP contribution in [0.3, 0.4) is 0 Å². The number of thiophene rings is 1. The summed E-state index contributed by atoms with van der Waals surface area (Å²) in [5.41, 5.74) is 4.33. The number of hydrogen-bond donors (Lipinski definition) is 0. The van der Waals surface area contributed by atoms with Gasteiger partial charge in [-0.3, -0.25) is 4.79 Å². The molecule has 1 heterocycles. The van der Waals surface area contributed by atoms with Crippen molar-refractivity contribution >= 4 is 50.2 Å². The second kappa shape index (κ2) is 9.33. The third-order valence-corrected chi connectivity index (χ3v) is 7.71. The molecule has 0 bridgehead atoms. The van der Waals surface area contributed by atoms with Crippen molar-refractivity contribution in [3.63, 3.8) is 0 Å². The number of hydrogen-bond acceptors (Lipinski definition) is 4. The SMILES string of the molecule is Cc1ccc(N=NC(=C2C=C(C(C)(C)C)C(=O)C(C(C)(C)C)=C2)c2sc3ccccc3c2Cl)cc1. The van der Waals surface area contributed by atoms with Gasteiger partial charge < -0.3 is 0 Å². The summed E-state index contributed by atoms with van der Waals surface area (Å²) < 4.78 is 1.09. The van der Waals surface area contributed by atoms with Crippen LogP contribution in [0, 0.1) is 17.8 Å². The zero-order valence-corrected chi connectivity index (χ0v) is 22.9. The van der Waals surface area contributed by atoms with Gasteiger partial charge in [-0.1, -0.05) is 89.0 Å². The monoisotopic (exact) mass is 502 g/mol. The molecule has 180 valence electrons. The molecule has 1 aliphatic carbocycles. The molecule has 0 radical (unpaired) electrons. The van der Waals surface area contributed by atoms with E-state index >= 15 is 0 Å². The van der Waals surface area contributed by atoms with Crippen molar-refractivity contribution in [3.05, 3.63) is 92.9 Å². The van der Waals surface area contributed by atoms with Crippen LogP contribution in [0.4, 0.5) is 5.69 Å². The highest BCUT2D eigenvalue weighted by Crippen LogP contribution is 2.45. The molecule has 0 fully saturated rings. The smallest absolute Gasteiger partial charge is 0.186 e. The predicted octanol–water partition coefficient (Wildman–Crippen LogP) is 9.89. The second-order valence-corrected chi connectivity index (χ2v) is 12.5. The summed E-state index contributed by atoms with van der Waals surface area (Å²) in [4.78, 5) is 14.4. The van der Waals surface area contributed by atoms with Crippen LogP contribution in [-0.4, -0.2) is 5.78 Å². The van der Waals surface area contributed by atoms with E-state index in [1.54, 1.807) is 11.3 Å². The number of aryl methyl sites for hydroxylation is 1. The lowest BCUT2D eigenvalue weighted by molar-refractivity contribution is -0.114. The normalized spacial score (nSPS) is 15.1. The van der Waals surface area contributed by atoms with Crippen molar-refractivity contribution in [2.24, 2.45) is 21.1 Å². The Hall–Kier alpha value is -2.82. The van der Waals surface area contributed by atoms with Crippen LogP contribution < -0.4 is 0 Å². The highest BCUT2D eigenvalue weighted by molar-refractivity contribution is 7.20. The Bertz CT molecular complexity index is 1390. The van der Waals surface area contributed by atoms with Gasteiger partial charge in [-0.05, 0) is 48.1 Å². The summed E-state index contributed by atoms with van der Waals surface area (Å²) in [6.45, 7) is 14.5. The van der Waals surface area contributed by atoms with E-state index in [1.807, 2.05) is 61.5 Å². The lowest BCUT2D eigenvalue weighted by Gasteiger charge is -2.31. The number of ketones is 1. The third-order valence-electron chi connectivity index (χ3n) is 6.03. The predicted molar refractivity (Wildman–Crippen MR) is 150 cm³/mol. The maximum atomic E-state index is 13.5. The van der Waals surface area contributed by atoms with Gasteiger partial charge in [-0.2, -0.15) is 5.11 Å². The Morgan fingerprint density at radius 1 is 0.857 bits per heavy atom. The summed E-state index contributed by atoms with van der Waals surface area (Å²) in [5, 5.41) is 11.0. The molecule has 4 rings (SSSR count). The van der Waals surface area contributed by atoms with Crippen molar-refractivity contribution < 1.29 is 4.79 Å². The average Bonchev–Trinajstić information content (AvgIpc) is 3.11. The fourth-order valence-electron chi connectivity index (χ4n) is 4.00. The van der Waals surface area contributed by atoms with E-state index in [2.05, 4.69) is 52.7 Å². The zero-order valence-electron chi connectivity index (χ0n) is 21.4. The van der Waals surface area contributed by atoms with Gasteiger partial charge in [0.25, 0.3) is 0 Å². The van der Waals surface area contributed by atoms with Gasteiger partial charge in [0.1, 0.15) is 5.70 Å². The van der Waals surface area contributed by atoms with Crippen molar-refractivity contribution in [1.29, 1.82) is 0 Å². The number of nitrogens with zero attached hydrogens (tertiary/aromatic N) is 2. The molecule has 0 unspecified atom stereocenters. The molecule has 0 spiro atoms. The van der Waals surface area contributed by atoms with E-state index in [-0.39, 0.29) is 16.6 Å². The van der Waals surface area contributed by atoms with Crippen molar-refractivity contribution in [3.8, 4) is 0 Å². The number of halogens is 1. The van der Waals surface area contributed by atoms with E-state index < -0.39 is 0 Å². The van der Waals surface area contributed by atoms with Gasteiger partial charge in [0.2, 0.25) is 0 Å². The maximum absolute atomic E-state index is 13.5. The summed E-state index contributed by atoms with van der Waals surface area (Å²) >= 11 is 8.52. The number of Topliss-reactive ketones (excluding diaryl/α,β-unsaturated/α-hetero) is 1. The Balaban J connectivity index is 2.03. The molecule has 1 aromatic heterocycles. The van der Waals surface area contributed by atoms with Crippen LogP contribution in [0.25, 0.3) is 15.8 Å². The van der Waals surface area contributed by atoms with Crippen molar-refractivity contribution in [1.82, 2.24) is 0 Å². The molecule has 0 saturated carbocycles. The number of azo groups is 1. The van der Waals surface area contributed by atoms with Crippen LogP contribution in [0.2, 0.25) is 5.02 Å². The minimum atomic E-state index is -0.323. The van der Waals surface area contributed by atoms with Gasteiger partial charge in [-0.15, -0.1) is 16.5 Å². The standard InChI is InChI=1S/C30H31ClN2OS/c1-18-12-14-20(15-13-18)32-33-26(28-25(31)21-10-8-9-11-24(21)35-28)19-16-22(29(2,3)4)27(34)23(17-19)30(5,6)7/h8-17H,1-7H3. The van der Waals surface area contributed by atoms with Crippen LogP contribution in [0.15, 0.2) is 87.6 Å². The fourth-order valence-corrected chi connectivity index (χ4v) is 5.53. The summed E-state index contributed by atoms with van der Waals surface area (Å²) in [6.07, 6.45) is 3.95. The Kier molecular flexibility index (Phi) is 6.74. The molecular weight excluding hydrogens is 472 g/mol. The minimum Gasteiger partial charge on any atom is -0.289 e. The van der Waals surface area contributed by atoms with Crippen LogP contribution in [0.5, 0.6) is 0 Å². The average molecular weight is 503 g/mol. The first kappa shape index (κ1) is 25.3. The van der Waals surface area contributed by atoms with E-state index in [9.17, 15) is 4.79 Å². The summed E-state index contributed by atoms with van der Waals surface area (Å²) in [6, 6.07) is 16.0. The van der Waals surface area contributed by atoms with Crippen LogP contribution in [-0.2, 0) is 4.79 Å². The minimum absolute atomic E-state index is 0.0889. The number of allylic oxidation sites excluding steroid dienone is 5.